The second kappa shape index (κ2) is 11.9. The molecule has 7 heteroatoms. The first-order chi connectivity index (χ1) is 9.24. The monoisotopic (exact) mass is 302 g/mol. The summed E-state index contributed by atoms with van der Waals surface area (Å²) in [5.41, 5.74) is 0. The smallest absolute Gasteiger partial charge is 0.293 e. The summed E-state index contributed by atoms with van der Waals surface area (Å²) in [7, 11) is 0. The number of hydrogen-bond donors (Lipinski definition) is 1. The molecule has 0 radical (unpaired) electrons. The van der Waals surface area contributed by atoms with Gasteiger partial charge in [0.25, 0.3) is 11.8 Å². The quantitative estimate of drug-likeness (QED) is 0.383. The number of halogens is 4. The lowest BCUT2D eigenvalue weighted by Gasteiger charge is -2.12. The molecular weight excluding hydrogens is 280 g/mol. The van der Waals surface area contributed by atoms with E-state index in [0.29, 0.717) is 0 Å². The highest BCUT2D eigenvalue weighted by Crippen LogP contribution is 2.17. The highest BCUT2D eigenvalue weighted by atomic mass is 19.3. The van der Waals surface area contributed by atoms with Crippen molar-refractivity contribution in [2.45, 2.75) is 25.2 Å². The van der Waals surface area contributed by atoms with Gasteiger partial charge in [0.1, 0.15) is 19.8 Å². The van der Waals surface area contributed by atoms with Crippen LogP contribution in [0.15, 0.2) is 25.3 Å². The number of ether oxygens (including phenoxy) is 2. The summed E-state index contributed by atoms with van der Waals surface area (Å²) in [4.78, 5) is 0. The average Bonchev–Trinajstić information content (AvgIpc) is 2.40. The van der Waals surface area contributed by atoms with Crippen molar-refractivity contribution in [3.8, 4) is 0 Å². The predicted octanol–water partition coefficient (Wildman–Crippen LogP) is 3.05. The molecule has 20 heavy (non-hydrogen) atoms. The van der Waals surface area contributed by atoms with E-state index in [1.54, 1.807) is 0 Å². The van der Waals surface area contributed by atoms with Crippen LogP contribution in [0.2, 0.25) is 0 Å². The van der Waals surface area contributed by atoms with Crippen LogP contribution < -0.4 is 0 Å². The fourth-order valence-corrected chi connectivity index (χ4v) is 0.731. The van der Waals surface area contributed by atoms with Gasteiger partial charge in [-0.2, -0.15) is 0 Å². The molecule has 0 saturated carbocycles. The number of alkyl halides is 4. The predicted molar refractivity (Wildman–Crippen MR) is 69.3 cm³/mol. The molecule has 0 unspecified atom stereocenters. The van der Waals surface area contributed by atoms with Crippen LogP contribution in [-0.2, 0) is 9.47 Å². The summed E-state index contributed by atoms with van der Waals surface area (Å²) < 4.78 is 57.7. The summed E-state index contributed by atoms with van der Waals surface area (Å²) in [6.07, 6.45) is 2.64. The Morgan fingerprint density at radius 3 is 1.65 bits per heavy atom. The Morgan fingerprint density at radius 1 is 0.950 bits per heavy atom. The number of aliphatic hydroxyl groups is 1. The Morgan fingerprint density at radius 2 is 1.35 bits per heavy atom. The molecule has 0 aliphatic rings. The van der Waals surface area contributed by atoms with E-state index in [-0.39, 0.29) is 19.6 Å². The maximum absolute atomic E-state index is 12.3. The van der Waals surface area contributed by atoms with Gasteiger partial charge in [0.05, 0.1) is 13.2 Å². The molecule has 0 amide bonds. The van der Waals surface area contributed by atoms with Crippen molar-refractivity contribution in [3.63, 3.8) is 0 Å². The van der Waals surface area contributed by atoms with Gasteiger partial charge in [0.15, 0.2) is 0 Å². The van der Waals surface area contributed by atoms with E-state index in [0.717, 1.165) is 0 Å². The molecule has 0 spiro atoms. The molecule has 0 aromatic rings. The van der Waals surface area contributed by atoms with Gasteiger partial charge in [-0.3, -0.25) is 0 Å². The normalized spacial score (nSPS) is 11.5. The van der Waals surface area contributed by atoms with Crippen LogP contribution in [0.5, 0.6) is 0 Å². The molecule has 120 valence electrons. The molecule has 0 heterocycles. The minimum Gasteiger partial charge on any atom is -0.390 e. The summed E-state index contributed by atoms with van der Waals surface area (Å²) in [6, 6.07) is 0. The van der Waals surface area contributed by atoms with E-state index in [2.05, 4.69) is 22.6 Å². The molecule has 0 aromatic carbocycles. The average molecular weight is 302 g/mol. The van der Waals surface area contributed by atoms with Crippen molar-refractivity contribution in [2.24, 2.45) is 0 Å². The van der Waals surface area contributed by atoms with Crippen molar-refractivity contribution in [1.82, 2.24) is 0 Å². The van der Waals surface area contributed by atoms with Crippen molar-refractivity contribution in [2.75, 3.05) is 33.0 Å². The van der Waals surface area contributed by atoms with Crippen LogP contribution in [0.3, 0.4) is 0 Å². The van der Waals surface area contributed by atoms with Crippen LogP contribution in [0, 0.1) is 0 Å². The van der Waals surface area contributed by atoms with E-state index in [9.17, 15) is 17.6 Å². The highest BCUT2D eigenvalue weighted by Gasteiger charge is 2.27. The Kier molecular flexibility index (Phi) is 12.7. The van der Waals surface area contributed by atoms with Crippen molar-refractivity contribution >= 4 is 0 Å². The largest absolute Gasteiger partial charge is 0.390 e. The van der Waals surface area contributed by atoms with Gasteiger partial charge >= 0.3 is 0 Å². The lowest BCUT2D eigenvalue weighted by Crippen LogP contribution is -2.27. The fourth-order valence-electron chi connectivity index (χ4n) is 0.731. The third kappa shape index (κ3) is 15.1. The van der Waals surface area contributed by atoms with Crippen LogP contribution in [0.4, 0.5) is 17.6 Å². The Bertz CT molecular complexity index is 232. The molecule has 0 aliphatic carbocycles. The van der Waals surface area contributed by atoms with Crippen LogP contribution >= 0.6 is 0 Å². The van der Waals surface area contributed by atoms with E-state index in [1.165, 1.54) is 19.1 Å². The first kappa shape index (κ1) is 21.4. The minimum atomic E-state index is -3.12. The van der Waals surface area contributed by atoms with Crippen molar-refractivity contribution < 1.29 is 32.1 Å². The van der Waals surface area contributed by atoms with E-state index >= 15 is 0 Å². The zero-order valence-electron chi connectivity index (χ0n) is 11.6. The lowest BCUT2D eigenvalue weighted by molar-refractivity contribution is -0.103. The second-order valence-electron chi connectivity index (χ2n) is 3.83. The third-order valence-corrected chi connectivity index (χ3v) is 1.85. The Hall–Kier alpha value is -0.920. The van der Waals surface area contributed by atoms with Gasteiger partial charge in [-0.1, -0.05) is 19.1 Å². The molecule has 0 aromatic heterocycles. The standard InChI is InChI=1S/C7H12F2O.C6H10F2O2/c1-3-5-10-6-7(8,9)4-2;1-2-3-10-5-6(7,8)4-9/h3H,1,4-6H2,2H3;2,9H,1,3-5H2. The first-order valence-electron chi connectivity index (χ1n) is 5.98. The van der Waals surface area contributed by atoms with E-state index in [1.807, 2.05) is 0 Å². The van der Waals surface area contributed by atoms with E-state index < -0.39 is 31.7 Å². The van der Waals surface area contributed by atoms with Crippen molar-refractivity contribution in [1.29, 1.82) is 0 Å². The van der Waals surface area contributed by atoms with Gasteiger partial charge in [0, 0.05) is 6.42 Å². The second-order valence-corrected chi connectivity index (χ2v) is 3.83. The third-order valence-electron chi connectivity index (χ3n) is 1.85. The van der Waals surface area contributed by atoms with Gasteiger partial charge < -0.3 is 14.6 Å². The number of aliphatic hydroxyl groups excluding tert-OH is 1. The summed E-state index contributed by atoms with van der Waals surface area (Å²) in [5, 5.41) is 8.04. The highest BCUT2D eigenvalue weighted by molar-refractivity contribution is 4.68. The van der Waals surface area contributed by atoms with Crippen LogP contribution in [-0.4, -0.2) is 50.0 Å². The number of hydrogen-bond acceptors (Lipinski definition) is 3. The first-order valence-corrected chi connectivity index (χ1v) is 5.98. The van der Waals surface area contributed by atoms with Gasteiger partial charge in [-0.05, 0) is 0 Å². The molecule has 0 bridgehead atoms. The maximum Gasteiger partial charge on any atom is 0.293 e. The SMILES string of the molecule is C=CCOCC(F)(F)CC.C=CCOCC(F)(F)CO. The molecule has 0 saturated heterocycles. The molecule has 0 rings (SSSR count). The Labute approximate surface area is 116 Å². The number of rotatable bonds is 10. The van der Waals surface area contributed by atoms with Crippen LogP contribution in [0.25, 0.3) is 0 Å². The molecule has 0 aliphatic heterocycles. The van der Waals surface area contributed by atoms with Gasteiger partial charge in [0.2, 0.25) is 0 Å². The molecule has 3 nitrogen and oxygen atoms in total. The molecular formula is C13H22F4O3. The summed E-state index contributed by atoms with van der Waals surface area (Å²) >= 11 is 0. The molecule has 0 atom stereocenters. The van der Waals surface area contributed by atoms with Crippen LogP contribution in [0.1, 0.15) is 13.3 Å². The fraction of sp³-hybridized carbons (Fsp3) is 0.692. The summed E-state index contributed by atoms with van der Waals surface area (Å²) in [6.45, 7) is 5.87. The Balaban J connectivity index is 0. The molecule has 0 fully saturated rings. The molecule has 1 N–H and O–H groups in total. The summed E-state index contributed by atoms with van der Waals surface area (Å²) in [5.74, 6) is -5.80. The maximum atomic E-state index is 12.3. The zero-order valence-corrected chi connectivity index (χ0v) is 11.6. The zero-order chi connectivity index (χ0) is 16.1. The van der Waals surface area contributed by atoms with Gasteiger partial charge in [-0.25, -0.2) is 17.6 Å². The lowest BCUT2D eigenvalue weighted by atomic mass is 10.3. The topological polar surface area (TPSA) is 38.7 Å². The van der Waals surface area contributed by atoms with Crippen molar-refractivity contribution in [3.05, 3.63) is 25.3 Å². The minimum absolute atomic E-state index is 0.0790. The van der Waals surface area contributed by atoms with Gasteiger partial charge in [-0.15, -0.1) is 13.2 Å². The van der Waals surface area contributed by atoms with E-state index in [4.69, 9.17) is 5.11 Å².